The lowest BCUT2D eigenvalue weighted by atomic mass is 9.95. The first-order valence-electron chi connectivity index (χ1n) is 10.6. The molecule has 1 atom stereocenters. The van der Waals surface area contributed by atoms with E-state index < -0.39 is 23.5 Å². The normalized spacial score (nSPS) is 15.7. The van der Waals surface area contributed by atoms with E-state index in [1.807, 2.05) is 30.3 Å². The maximum atomic E-state index is 13.2. The number of furan rings is 1. The first kappa shape index (κ1) is 21.3. The molecule has 0 aliphatic carbocycles. The van der Waals surface area contributed by atoms with E-state index in [2.05, 4.69) is 5.16 Å². The van der Waals surface area contributed by atoms with E-state index in [1.54, 1.807) is 43.3 Å². The molecule has 8 nitrogen and oxygen atoms in total. The molecule has 2 aromatic heterocycles. The molecule has 1 N–H and O–H groups in total. The Balaban J connectivity index is 1.49. The fourth-order valence-corrected chi connectivity index (χ4v) is 3.88. The average Bonchev–Trinajstić information content (AvgIpc) is 3.59. The Kier molecular flexibility index (Phi) is 5.47. The quantitative estimate of drug-likeness (QED) is 0.393. The van der Waals surface area contributed by atoms with Crippen molar-refractivity contribution in [3.8, 4) is 5.75 Å². The lowest BCUT2D eigenvalue weighted by molar-refractivity contribution is -0.117. The summed E-state index contributed by atoms with van der Waals surface area (Å²) in [6, 6.07) is 20.4. The highest BCUT2D eigenvalue weighted by molar-refractivity contribution is 6.19. The summed E-state index contributed by atoms with van der Waals surface area (Å²) in [5, 5.41) is 14.6. The van der Waals surface area contributed by atoms with Crippen molar-refractivity contribution in [3.05, 3.63) is 113 Å². The maximum Gasteiger partial charge on any atom is 0.295 e. The third-order valence-corrected chi connectivity index (χ3v) is 5.50. The molecule has 0 spiro atoms. The summed E-state index contributed by atoms with van der Waals surface area (Å²) in [5.41, 5.74) is 1.51. The van der Waals surface area contributed by atoms with Crippen LogP contribution in [0.25, 0.3) is 0 Å². The summed E-state index contributed by atoms with van der Waals surface area (Å²) in [6.07, 6.45) is 1.36. The van der Waals surface area contributed by atoms with E-state index in [-0.39, 0.29) is 17.2 Å². The van der Waals surface area contributed by atoms with Gasteiger partial charge < -0.3 is 18.8 Å². The van der Waals surface area contributed by atoms with E-state index in [0.29, 0.717) is 23.7 Å². The third kappa shape index (κ3) is 3.86. The van der Waals surface area contributed by atoms with Gasteiger partial charge in [0.25, 0.3) is 5.91 Å². The number of hydrogen-bond donors (Lipinski definition) is 1. The lowest BCUT2D eigenvalue weighted by Crippen LogP contribution is -2.31. The summed E-state index contributed by atoms with van der Waals surface area (Å²) in [4.78, 5) is 27.5. The second kappa shape index (κ2) is 8.74. The van der Waals surface area contributed by atoms with Crippen LogP contribution in [0, 0.1) is 6.92 Å². The highest BCUT2D eigenvalue weighted by Crippen LogP contribution is 2.42. The number of amides is 1. The Bertz CT molecular complexity index is 1350. The number of ketones is 1. The van der Waals surface area contributed by atoms with Crippen molar-refractivity contribution >= 4 is 17.5 Å². The van der Waals surface area contributed by atoms with Gasteiger partial charge in [-0.05, 0) is 42.3 Å². The number of carbonyl (C=O) groups is 2. The topological polar surface area (TPSA) is 106 Å². The van der Waals surface area contributed by atoms with Crippen molar-refractivity contribution in [1.82, 2.24) is 5.16 Å². The van der Waals surface area contributed by atoms with Crippen LogP contribution in [-0.2, 0) is 11.4 Å². The number of aliphatic hydroxyl groups excluding tert-OH is 1. The monoisotopic (exact) mass is 456 g/mol. The van der Waals surface area contributed by atoms with Gasteiger partial charge in [-0.1, -0.05) is 47.6 Å². The Morgan fingerprint density at radius 3 is 2.50 bits per heavy atom. The van der Waals surface area contributed by atoms with Crippen LogP contribution in [0.3, 0.4) is 0 Å². The van der Waals surface area contributed by atoms with Crippen LogP contribution in [-0.4, -0.2) is 22.0 Å². The molecule has 1 aliphatic rings. The fraction of sp³-hybridized carbons (Fsp3) is 0.115. The van der Waals surface area contributed by atoms with Crippen molar-refractivity contribution in [1.29, 1.82) is 0 Å². The minimum atomic E-state index is -0.933. The van der Waals surface area contributed by atoms with Crippen LogP contribution in [0.4, 0.5) is 5.82 Å². The molecule has 5 rings (SSSR count). The highest BCUT2D eigenvalue weighted by atomic mass is 16.5. The maximum absolute atomic E-state index is 13.2. The summed E-state index contributed by atoms with van der Waals surface area (Å²) in [5.74, 6) is -0.697. The molecule has 0 saturated carbocycles. The number of hydrogen-bond acceptors (Lipinski definition) is 7. The molecule has 0 fully saturated rings. The molecule has 1 unspecified atom stereocenters. The number of Topliss-reactive ketones (excluding diaryl/α,β-unsaturated/α-hetero) is 1. The van der Waals surface area contributed by atoms with E-state index in [9.17, 15) is 14.7 Å². The van der Waals surface area contributed by atoms with E-state index >= 15 is 0 Å². The molecule has 0 saturated heterocycles. The molecule has 3 heterocycles. The van der Waals surface area contributed by atoms with E-state index in [1.165, 1.54) is 17.2 Å². The largest absolute Gasteiger partial charge is 0.503 e. The second-order valence-corrected chi connectivity index (χ2v) is 7.79. The predicted octanol–water partition coefficient (Wildman–Crippen LogP) is 4.94. The molecule has 34 heavy (non-hydrogen) atoms. The molecule has 170 valence electrons. The minimum absolute atomic E-state index is 0.0142. The number of aryl methyl sites for hydroxylation is 1. The molecule has 8 heteroatoms. The molecular formula is C26H20N2O6. The van der Waals surface area contributed by atoms with Crippen LogP contribution >= 0.6 is 0 Å². The fourth-order valence-electron chi connectivity index (χ4n) is 3.88. The van der Waals surface area contributed by atoms with Gasteiger partial charge >= 0.3 is 0 Å². The van der Waals surface area contributed by atoms with Gasteiger partial charge in [-0.3, -0.25) is 14.5 Å². The van der Waals surface area contributed by atoms with Gasteiger partial charge in [-0.25, -0.2) is 0 Å². The summed E-state index contributed by atoms with van der Waals surface area (Å²) in [7, 11) is 0. The van der Waals surface area contributed by atoms with Crippen LogP contribution in [0.1, 0.15) is 33.5 Å². The van der Waals surface area contributed by atoms with Crippen molar-refractivity contribution < 1.29 is 28.4 Å². The number of anilines is 1. The second-order valence-electron chi connectivity index (χ2n) is 7.79. The van der Waals surface area contributed by atoms with Gasteiger partial charge in [-0.2, -0.15) is 0 Å². The van der Waals surface area contributed by atoms with Crippen molar-refractivity contribution in [2.75, 3.05) is 4.90 Å². The van der Waals surface area contributed by atoms with Gasteiger partial charge in [0.15, 0.2) is 17.3 Å². The lowest BCUT2D eigenvalue weighted by Gasteiger charge is -2.24. The molecule has 1 aliphatic heterocycles. The number of carbonyl (C=O) groups excluding carboxylic acids is 2. The summed E-state index contributed by atoms with van der Waals surface area (Å²) < 4.78 is 16.2. The summed E-state index contributed by atoms with van der Waals surface area (Å²) >= 11 is 0. The van der Waals surface area contributed by atoms with Gasteiger partial charge in [0.2, 0.25) is 5.78 Å². The zero-order valence-electron chi connectivity index (χ0n) is 18.2. The zero-order chi connectivity index (χ0) is 23.7. The molecule has 0 radical (unpaired) electrons. The number of aromatic nitrogens is 1. The van der Waals surface area contributed by atoms with Crippen LogP contribution in [0.15, 0.2) is 99.3 Å². The number of benzene rings is 2. The van der Waals surface area contributed by atoms with Crippen molar-refractivity contribution in [2.24, 2.45) is 0 Å². The van der Waals surface area contributed by atoms with Crippen LogP contribution in [0.2, 0.25) is 0 Å². The van der Waals surface area contributed by atoms with Gasteiger partial charge in [0.1, 0.15) is 18.1 Å². The van der Waals surface area contributed by atoms with Crippen molar-refractivity contribution in [2.45, 2.75) is 19.6 Å². The number of nitrogens with zero attached hydrogens (tertiary/aromatic N) is 2. The van der Waals surface area contributed by atoms with Crippen LogP contribution < -0.4 is 9.64 Å². The Labute approximate surface area is 194 Å². The Morgan fingerprint density at radius 1 is 1.09 bits per heavy atom. The Hall–Kier alpha value is -4.59. The molecule has 4 aromatic rings. The number of ether oxygens (including phenoxy) is 1. The highest BCUT2D eigenvalue weighted by Gasteiger charge is 2.46. The first-order valence-corrected chi connectivity index (χ1v) is 10.6. The Morgan fingerprint density at radius 2 is 1.85 bits per heavy atom. The van der Waals surface area contributed by atoms with Crippen molar-refractivity contribution in [3.63, 3.8) is 0 Å². The predicted molar refractivity (Wildman–Crippen MR) is 121 cm³/mol. The van der Waals surface area contributed by atoms with E-state index in [4.69, 9.17) is 13.7 Å². The minimum Gasteiger partial charge on any atom is -0.503 e. The van der Waals surface area contributed by atoms with Crippen LogP contribution in [0.5, 0.6) is 5.75 Å². The molecule has 2 aromatic carbocycles. The third-order valence-electron chi connectivity index (χ3n) is 5.50. The van der Waals surface area contributed by atoms with Gasteiger partial charge in [-0.15, -0.1) is 0 Å². The smallest absolute Gasteiger partial charge is 0.295 e. The first-order chi connectivity index (χ1) is 16.5. The SMILES string of the molecule is Cc1cc(N2C(=O)C(O)=C(C(=O)c3ccco3)C2c2ccc(OCc3ccccc3)cc2)no1. The summed E-state index contributed by atoms with van der Waals surface area (Å²) in [6.45, 7) is 2.09. The van der Waals surface area contributed by atoms with E-state index in [0.717, 1.165) is 5.56 Å². The number of aliphatic hydroxyl groups is 1. The zero-order valence-corrected chi connectivity index (χ0v) is 18.2. The molecule has 0 bridgehead atoms. The standard InChI is InChI=1S/C26H20N2O6/c1-16-14-21(27-34-16)28-23(22(25(30)26(28)31)24(29)20-8-5-13-32-20)18-9-11-19(12-10-18)33-15-17-6-3-2-4-7-17/h2-14,23,30H,15H2,1H3. The molecular weight excluding hydrogens is 436 g/mol. The molecule has 1 amide bonds. The van der Waals surface area contributed by atoms with Gasteiger partial charge in [0, 0.05) is 6.07 Å². The van der Waals surface area contributed by atoms with Gasteiger partial charge in [0.05, 0.1) is 17.9 Å². The average molecular weight is 456 g/mol. The number of rotatable bonds is 7.